The van der Waals surface area contributed by atoms with Gasteiger partial charge in [-0.15, -0.1) is 0 Å². The smallest absolute Gasteiger partial charge is 0.182 e. The summed E-state index contributed by atoms with van der Waals surface area (Å²) in [6.07, 6.45) is 1.67. The first-order valence-corrected chi connectivity index (χ1v) is 7.00. The molecule has 1 aliphatic carbocycles. The number of benzene rings is 2. The summed E-state index contributed by atoms with van der Waals surface area (Å²) < 4.78 is 39.8. The molecule has 0 heterocycles. The Morgan fingerprint density at radius 1 is 1.00 bits per heavy atom. The van der Waals surface area contributed by atoms with Gasteiger partial charge in [0.25, 0.3) is 0 Å². The number of rotatable bonds is 3. The van der Waals surface area contributed by atoms with E-state index >= 15 is 0 Å². The van der Waals surface area contributed by atoms with Crippen molar-refractivity contribution in [1.29, 1.82) is 0 Å². The molecule has 0 bridgehead atoms. The fraction of sp³-hybridized carbons (Fsp3) is 0.294. The summed E-state index contributed by atoms with van der Waals surface area (Å²) in [6.45, 7) is 2.04. The Kier molecular flexibility index (Phi) is 3.62. The van der Waals surface area contributed by atoms with Gasteiger partial charge in [-0.2, -0.15) is 0 Å². The lowest BCUT2D eigenvalue weighted by molar-refractivity contribution is 0.371. The average molecular weight is 291 g/mol. The molecule has 2 aromatic rings. The first-order valence-electron chi connectivity index (χ1n) is 7.00. The highest BCUT2D eigenvalue weighted by Crippen LogP contribution is 2.39. The van der Waals surface area contributed by atoms with Crippen LogP contribution in [0.5, 0.6) is 0 Å². The molecular weight excluding hydrogens is 275 g/mol. The van der Waals surface area contributed by atoms with Gasteiger partial charge >= 0.3 is 0 Å². The molecule has 4 heteroatoms. The van der Waals surface area contributed by atoms with Gasteiger partial charge in [-0.25, -0.2) is 13.2 Å². The Balaban J connectivity index is 1.64. The van der Waals surface area contributed by atoms with Crippen LogP contribution >= 0.6 is 0 Å². The van der Waals surface area contributed by atoms with Crippen molar-refractivity contribution in [2.75, 3.05) is 5.32 Å². The topological polar surface area (TPSA) is 12.0 Å². The molecule has 110 valence electrons. The van der Waals surface area contributed by atoms with E-state index in [0.29, 0.717) is 12.0 Å². The van der Waals surface area contributed by atoms with Crippen LogP contribution in [0.25, 0.3) is 0 Å². The van der Waals surface area contributed by atoms with Gasteiger partial charge in [0.1, 0.15) is 5.82 Å². The standard InChI is InChI=1S/C17H16F3N/c1-10-2-4-11(5-3-10)12-6-14(7-12)21-16-9-13(18)8-15(19)17(16)20/h2-5,8-9,12,14,21H,6-7H2,1H3. The summed E-state index contributed by atoms with van der Waals surface area (Å²) in [6, 6.07) is 9.92. The molecular formula is C17H16F3N. The third-order valence-electron chi connectivity index (χ3n) is 4.04. The zero-order valence-electron chi connectivity index (χ0n) is 11.7. The number of hydrogen-bond donors (Lipinski definition) is 1. The van der Waals surface area contributed by atoms with E-state index in [4.69, 9.17) is 0 Å². The molecule has 0 radical (unpaired) electrons. The van der Waals surface area contributed by atoms with E-state index in [2.05, 4.69) is 29.6 Å². The summed E-state index contributed by atoms with van der Waals surface area (Å²) in [5.74, 6) is -2.53. The summed E-state index contributed by atoms with van der Waals surface area (Å²) in [7, 11) is 0. The van der Waals surface area contributed by atoms with Crippen LogP contribution in [0, 0.1) is 24.4 Å². The minimum atomic E-state index is -1.16. The van der Waals surface area contributed by atoms with Gasteiger partial charge in [0, 0.05) is 18.2 Å². The fourth-order valence-corrected chi connectivity index (χ4v) is 2.73. The molecule has 2 aromatic carbocycles. The zero-order valence-corrected chi connectivity index (χ0v) is 11.7. The number of aryl methyl sites for hydroxylation is 1. The highest BCUT2D eigenvalue weighted by molar-refractivity contribution is 5.47. The minimum Gasteiger partial charge on any atom is -0.380 e. The third-order valence-corrected chi connectivity index (χ3v) is 4.04. The Morgan fingerprint density at radius 2 is 1.67 bits per heavy atom. The largest absolute Gasteiger partial charge is 0.380 e. The molecule has 21 heavy (non-hydrogen) atoms. The van der Waals surface area contributed by atoms with E-state index in [0.717, 1.165) is 18.9 Å². The lowest BCUT2D eigenvalue weighted by Crippen LogP contribution is -2.34. The molecule has 0 amide bonds. The van der Waals surface area contributed by atoms with Crippen LogP contribution in [-0.4, -0.2) is 6.04 Å². The van der Waals surface area contributed by atoms with Gasteiger partial charge in [0.2, 0.25) is 0 Å². The van der Waals surface area contributed by atoms with Crippen molar-refractivity contribution < 1.29 is 13.2 Å². The number of nitrogens with one attached hydrogen (secondary N) is 1. The monoisotopic (exact) mass is 291 g/mol. The predicted octanol–water partition coefficient (Wildman–Crippen LogP) is 4.77. The van der Waals surface area contributed by atoms with Crippen LogP contribution < -0.4 is 5.32 Å². The van der Waals surface area contributed by atoms with Gasteiger partial charge in [0.15, 0.2) is 11.6 Å². The maximum absolute atomic E-state index is 13.6. The Bertz CT molecular complexity index is 646. The van der Waals surface area contributed by atoms with E-state index in [9.17, 15) is 13.2 Å². The van der Waals surface area contributed by atoms with Crippen molar-refractivity contribution in [3.8, 4) is 0 Å². The molecule has 0 unspecified atom stereocenters. The lowest BCUT2D eigenvalue weighted by atomic mass is 9.75. The first-order chi connectivity index (χ1) is 10.0. The minimum absolute atomic E-state index is 0.0482. The number of anilines is 1. The molecule has 1 N–H and O–H groups in total. The van der Waals surface area contributed by atoms with Gasteiger partial charge < -0.3 is 5.32 Å². The van der Waals surface area contributed by atoms with Crippen molar-refractivity contribution >= 4 is 5.69 Å². The van der Waals surface area contributed by atoms with Crippen molar-refractivity contribution in [1.82, 2.24) is 0 Å². The number of halogens is 3. The molecule has 0 saturated heterocycles. The highest BCUT2D eigenvalue weighted by Gasteiger charge is 2.31. The van der Waals surface area contributed by atoms with Crippen LogP contribution in [-0.2, 0) is 0 Å². The summed E-state index contributed by atoms with van der Waals surface area (Å²) in [5.41, 5.74) is 2.37. The lowest BCUT2D eigenvalue weighted by Gasteiger charge is -2.37. The van der Waals surface area contributed by atoms with E-state index in [1.165, 1.54) is 11.1 Å². The Labute approximate surface area is 121 Å². The van der Waals surface area contributed by atoms with Gasteiger partial charge in [-0.1, -0.05) is 29.8 Å². The van der Waals surface area contributed by atoms with E-state index in [1.54, 1.807) is 0 Å². The number of hydrogen-bond acceptors (Lipinski definition) is 1. The molecule has 1 nitrogen and oxygen atoms in total. The predicted molar refractivity (Wildman–Crippen MR) is 76.9 cm³/mol. The molecule has 0 spiro atoms. The van der Waals surface area contributed by atoms with Crippen LogP contribution in [0.4, 0.5) is 18.9 Å². The average Bonchev–Trinajstić information content (AvgIpc) is 2.40. The maximum Gasteiger partial charge on any atom is 0.182 e. The maximum atomic E-state index is 13.6. The SMILES string of the molecule is Cc1ccc(C2CC(Nc3cc(F)cc(F)c3F)C2)cc1. The molecule has 1 aliphatic rings. The van der Waals surface area contributed by atoms with Crippen molar-refractivity contribution in [2.45, 2.75) is 31.7 Å². The summed E-state index contributed by atoms with van der Waals surface area (Å²) >= 11 is 0. The van der Waals surface area contributed by atoms with Crippen molar-refractivity contribution in [2.24, 2.45) is 0 Å². The quantitative estimate of drug-likeness (QED) is 0.803. The van der Waals surface area contributed by atoms with Crippen LogP contribution in [0.3, 0.4) is 0 Å². The Hall–Kier alpha value is -1.97. The van der Waals surface area contributed by atoms with E-state index < -0.39 is 17.5 Å². The first kappa shape index (κ1) is 14.0. The van der Waals surface area contributed by atoms with E-state index in [1.807, 2.05) is 6.92 Å². The van der Waals surface area contributed by atoms with Crippen LogP contribution in [0.15, 0.2) is 36.4 Å². The Morgan fingerprint density at radius 3 is 2.33 bits per heavy atom. The zero-order chi connectivity index (χ0) is 15.0. The molecule has 3 rings (SSSR count). The second kappa shape index (κ2) is 5.43. The van der Waals surface area contributed by atoms with E-state index in [-0.39, 0.29) is 11.7 Å². The van der Waals surface area contributed by atoms with Gasteiger partial charge in [-0.3, -0.25) is 0 Å². The van der Waals surface area contributed by atoms with Crippen molar-refractivity contribution in [3.63, 3.8) is 0 Å². The highest BCUT2D eigenvalue weighted by atomic mass is 19.2. The van der Waals surface area contributed by atoms with Gasteiger partial charge in [-0.05, 0) is 31.2 Å². The van der Waals surface area contributed by atoms with Gasteiger partial charge in [0.05, 0.1) is 5.69 Å². The second-order valence-electron chi connectivity index (χ2n) is 5.67. The fourth-order valence-electron chi connectivity index (χ4n) is 2.73. The molecule has 1 saturated carbocycles. The normalized spacial score (nSPS) is 21.0. The van der Waals surface area contributed by atoms with Crippen LogP contribution in [0.2, 0.25) is 0 Å². The third kappa shape index (κ3) is 2.89. The molecule has 1 fully saturated rings. The molecule has 0 aliphatic heterocycles. The van der Waals surface area contributed by atoms with Crippen molar-refractivity contribution in [3.05, 3.63) is 65.0 Å². The van der Waals surface area contributed by atoms with Crippen LogP contribution in [0.1, 0.15) is 29.9 Å². The molecule has 0 aromatic heterocycles. The second-order valence-corrected chi connectivity index (χ2v) is 5.67. The summed E-state index contributed by atoms with van der Waals surface area (Å²) in [4.78, 5) is 0. The summed E-state index contributed by atoms with van der Waals surface area (Å²) in [5, 5.41) is 2.88. The molecule has 0 atom stereocenters.